The third-order valence-corrected chi connectivity index (χ3v) is 4.40. The summed E-state index contributed by atoms with van der Waals surface area (Å²) in [7, 11) is 5.22. The molecule has 1 aromatic heterocycles. The molecule has 1 aromatic carbocycles. The number of ether oxygens (including phenoxy) is 3. The van der Waals surface area contributed by atoms with Crippen LogP contribution in [0.5, 0.6) is 23.1 Å². The number of hydrogen-bond acceptors (Lipinski definition) is 5. The summed E-state index contributed by atoms with van der Waals surface area (Å²) in [5.74, 6) is 3.00. The topological polar surface area (TPSA) is 68.2 Å². The number of nitrogens with zero attached hydrogens (tertiary/aromatic N) is 3. The normalized spacial score (nSPS) is 11.0. The number of allylic oxidation sites excluding steroid dienone is 1. The lowest BCUT2D eigenvalue weighted by molar-refractivity contribution is 0.342. The van der Waals surface area contributed by atoms with Gasteiger partial charge in [0.1, 0.15) is 0 Å². The smallest absolute Gasteiger partial charge is 0.219 e. The van der Waals surface area contributed by atoms with E-state index in [0.717, 1.165) is 37.5 Å². The summed E-state index contributed by atoms with van der Waals surface area (Å²) >= 11 is 0. The molecule has 1 N–H and O–H groups in total. The fourth-order valence-corrected chi connectivity index (χ4v) is 2.80. The molecule has 0 aliphatic rings. The molecule has 0 bridgehead atoms. The molecular weight excluding hydrogens is 380 g/mol. The summed E-state index contributed by atoms with van der Waals surface area (Å²) in [6.07, 6.45) is 5.74. The second kappa shape index (κ2) is 12.4. The number of para-hydroxylation sites is 1. The van der Waals surface area contributed by atoms with E-state index in [9.17, 15) is 0 Å². The van der Waals surface area contributed by atoms with Crippen LogP contribution in [-0.4, -0.2) is 50.2 Å². The lowest BCUT2D eigenvalue weighted by Crippen LogP contribution is -2.39. The van der Waals surface area contributed by atoms with Crippen LogP contribution in [0.4, 0.5) is 0 Å². The third-order valence-electron chi connectivity index (χ3n) is 4.40. The molecule has 162 valence electrons. The van der Waals surface area contributed by atoms with Gasteiger partial charge < -0.3 is 24.4 Å². The zero-order valence-corrected chi connectivity index (χ0v) is 18.4. The second-order valence-electron chi connectivity index (χ2n) is 6.62. The van der Waals surface area contributed by atoms with E-state index < -0.39 is 0 Å². The summed E-state index contributed by atoms with van der Waals surface area (Å²) < 4.78 is 16.6. The highest BCUT2D eigenvalue weighted by atomic mass is 16.5. The van der Waals surface area contributed by atoms with E-state index in [-0.39, 0.29) is 0 Å². The van der Waals surface area contributed by atoms with Crippen LogP contribution < -0.4 is 19.5 Å². The Kier molecular flexibility index (Phi) is 9.51. The predicted molar refractivity (Wildman–Crippen MR) is 121 cm³/mol. The van der Waals surface area contributed by atoms with Crippen LogP contribution in [0.15, 0.2) is 54.2 Å². The van der Waals surface area contributed by atoms with Gasteiger partial charge in [-0.1, -0.05) is 18.2 Å². The van der Waals surface area contributed by atoms with Gasteiger partial charge in [0.2, 0.25) is 11.6 Å². The molecule has 7 nitrogen and oxygen atoms in total. The molecule has 30 heavy (non-hydrogen) atoms. The van der Waals surface area contributed by atoms with Crippen molar-refractivity contribution >= 4 is 5.96 Å². The quantitative estimate of drug-likeness (QED) is 0.257. The number of benzene rings is 1. The van der Waals surface area contributed by atoms with Crippen molar-refractivity contribution in [1.82, 2.24) is 15.2 Å². The zero-order valence-electron chi connectivity index (χ0n) is 18.4. The van der Waals surface area contributed by atoms with Gasteiger partial charge in [0.15, 0.2) is 17.5 Å². The summed E-state index contributed by atoms with van der Waals surface area (Å²) in [6.45, 7) is 8.10. The molecule has 2 aromatic rings. The zero-order chi connectivity index (χ0) is 21.8. The Hall–Kier alpha value is -3.22. The van der Waals surface area contributed by atoms with Crippen LogP contribution in [0.1, 0.15) is 25.3 Å². The van der Waals surface area contributed by atoms with Crippen LogP contribution in [0.2, 0.25) is 0 Å². The van der Waals surface area contributed by atoms with Gasteiger partial charge in [-0.2, -0.15) is 0 Å². The molecule has 0 aliphatic carbocycles. The minimum atomic E-state index is 0.457. The van der Waals surface area contributed by atoms with Gasteiger partial charge in [0, 0.05) is 32.4 Å². The number of rotatable bonds is 11. The SMILES string of the molecule is C=CCCCN(C)C(=NCc1ccc(Oc2c(OC)cccc2OC)nc1)NCC. The van der Waals surface area contributed by atoms with Gasteiger partial charge in [-0.3, -0.25) is 0 Å². The van der Waals surface area contributed by atoms with E-state index in [0.29, 0.717) is 29.7 Å². The molecule has 0 saturated heterocycles. The van der Waals surface area contributed by atoms with Gasteiger partial charge >= 0.3 is 0 Å². The molecule has 0 aliphatic heterocycles. The lowest BCUT2D eigenvalue weighted by atomic mass is 10.3. The molecule has 0 spiro atoms. The monoisotopic (exact) mass is 412 g/mol. The van der Waals surface area contributed by atoms with Gasteiger partial charge in [-0.25, -0.2) is 9.98 Å². The summed E-state index contributed by atoms with van der Waals surface area (Å²) in [4.78, 5) is 11.3. The number of nitrogens with one attached hydrogen (secondary N) is 1. The summed E-state index contributed by atoms with van der Waals surface area (Å²) in [5.41, 5.74) is 0.990. The Bertz CT molecular complexity index is 799. The Labute approximate surface area is 179 Å². The van der Waals surface area contributed by atoms with Gasteiger partial charge in [-0.05, 0) is 37.5 Å². The highest BCUT2D eigenvalue weighted by Crippen LogP contribution is 2.39. The maximum absolute atomic E-state index is 5.91. The first-order valence-electron chi connectivity index (χ1n) is 10.1. The highest BCUT2D eigenvalue weighted by molar-refractivity contribution is 5.79. The average Bonchev–Trinajstić information content (AvgIpc) is 2.77. The van der Waals surface area contributed by atoms with E-state index in [1.807, 2.05) is 43.5 Å². The fraction of sp³-hybridized carbons (Fsp3) is 0.391. The van der Waals surface area contributed by atoms with Crippen molar-refractivity contribution in [3.8, 4) is 23.1 Å². The van der Waals surface area contributed by atoms with Crippen molar-refractivity contribution in [2.24, 2.45) is 4.99 Å². The molecule has 0 fully saturated rings. The number of guanidine groups is 1. The van der Waals surface area contributed by atoms with Crippen molar-refractivity contribution in [1.29, 1.82) is 0 Å². The van der Waals surface area contributed by atoms with E-state index in [1.165, 1.54) is 0 Å². The Morgan fingerprint density at radius 1 is 1.20 bits per heavy atom. The molecule has 0 saturated carbocycles. The summed E-state index contributed by atoms with van der Waals surface area (Å²) in [5, 5.41) is 3.33. The second-order valence-corrected chi connectivity index (χ2v) is 6.62. The minimum absolute atomic E-state index is 0.457. The fourth-order valence-electron chi connectivity index (χ4n) is 2.80. The first-order valence-corrected chi connectivity index (χ1v) is 10.1. The van der Waals surface area contributed by atoms with Crippen molar-refractivity contribution in [3.63, 3.8) is 0 Å². The Morgan fingerprint density at radius 2 is 1.93 bits per heavy atom. The van der Waals surface area contributed by atoms with Crippen LogP contribution in [0, 0.1) is 0 Å². The largest absolute Gasteiger partial charge is 0.493 e. The van der Waals surface area contributed by atoms with Crippen molar-refractivity contribution in [3.05, 3.63) is 54.7 Å². The molecule has 0 atom stereocenters. The molecule has 1 heterocycles. The number of unbranched alkanes of at least 4 members (excludes halogenated alkanes) is 1. The predicted octanol–water partition coefficient (Wildman–Crippen LogP) is 4.25. The molecule has 0 amide bonds. The average molecular weight is 413 g/mol. The molecule has 0 unspecified atom stereocenters. The standard InChI is InChI=1S/C23H32N4O3/c1-6-8-9-15-27(3)23(24-7-2)26-17-18-13-14-21(25-16-18)30-22-19(28-4)11-10-12-20(22)29-5/h6,10-14,16H,1,7-9,15,17H2,2-5H3,(H,24,26). The number of methoxy groups -OCH3 is 2. The van der Waals surface area contributed by atoms with Gasteiger partial charge in [0.05, 0.1) is 20.8 Å². The first kappa shape index (κ1) is 23.1. The van der Waals surface area contributed by atoms with E-state index in [1.54, 1.807) is 20.4 Å². The van der Waals surface area contributed by atoms with Gasteiger partial charge in [-0.15, -0.1) is 6.58 Å². The van der Waals surface area contributed by atoms with Crippen molar-refractivity contribution < 1.29 is 14.2 Å². The number of hydrogen-bond donors (Lipinski definition) is 1. The number of aromatic nitrogens is 1. The Morgan fingerprint density at radius 3 is 2.50 bits per heavy atom. The van der Waals surface area contributed by atoms with Crippen LogP contribution in [0.3, 0.4) is 0 Å². The Balaban J connectivity index is 2.06. The van der Waals surface area contributed by atoms with Crippen LogP contribution >= 0.6 is 0 Å². The third kappa shape index (κ3) is 6.69. The molecule has 0 radical (unpaired) electrons. The van der Waals surface area contributed by atoms with E-state index in [2.05, 4.69) is 28.7 Å². The molecule has 7 heteroatoms. The maximum Gasteiger partial charge on any atom is 0.219 e. The summed E-state index contributed by atoms with van der Waals surface area (Å²) in [6, 6.07) is 9.24. The highest BCUT2D eigenvalue weighted by Gasteiger charge is 2.13. The van der Waals surface area contributed by atoms with Gasteiger partial charge in [0.25, 0.3) is 0 Å². The van der Waals surface area contributed by atoms with Crippen molar-refractivity contribution in [2.45, 2.75) is 26.3 Å². The molecular formula is C23H32N4O3. The number of pyridine rings is 1. The van der Waals surface area contributed by atoms with E-state index >= 15 is 0 Å². The first-order chi connectivity index (χ1) is 14.6. The van der Waals surface area contributed by atoms with Crippen molar-refractivity contribution in [2.75, 3.05) is 34.4 Å². The van der Waals surface area contributed by atoms with E-state index in [4.69, 9.17) is 19.2 Å². The lowest BCUT2D eigenvalue weighted by Gasteiger charge is -2.21. The maximum atomic E-state index is 5.91. The number of aliphatic imine (C=N–C) groups is 1. The van der Waals surface area contributed by atoms with Crippen LogP contribution in [-0.2, 0) is 6.54 Å². The minimum Gasteiger partial charge on any atom is -0.493 e. The molecule has 2 rings (SSSR count). The van der Waals surface area contributed by atoms with Crippen LogP contribution in [0.25, 0.3) is 0 Å².